The fourth-order valence-electron chi connectivity index (χ4n) is 1.12. The summed E-state index contributed by atoms with van der Waals surface area (Å²) in [5.41, 5.74) is -0.946. The molecule has 90 valence electrons. The van der Waals surface area contributed by atoms with Gasteiger partial charge in [-0.15, -0.1) is 0 Å². The molecule has 0 aromatic heterocycles. The summed E-state index contributed by atoms with van der Waals surface area (Å²) < 4.78 is 26.2. The molecule has 0 bridgehead atoms. The number of hydrogen-bond acceptors (Lipinski definition) is 3. The van der Waals surface area contributed by atoms with Crippen molar-refractivity contribution in [2.45, 2.75) is 6.42 Å². The van der Waals surface area contributed by atoms with E-state index in [-0.39, 0.29) is 5.56 Å². The molecule has 1 N–H and O–H groups in total. The molecule has 0 aliphatic rings. The Morgan fingerprint density at radius 2 is 2.12 bits per heavy atom. The minimum atomic E-state index is -1.20. The lowest BCUT2D eigenvalue weighted by atomic mass is 10.2. The highest BCUT2D eigenvalue weighted by Gasteiger charge is 2.17. The SMILES string of the molecule is CNCCC#Cc1cc([N+](=O)[O-])c(F)cc1F. The number of halogens is 2. The van der Waals surface area contributed by atoms with Crippen molar-refractivity contribution in [3.63, 3.8) is 0 Å². The zero-order valence-electron chi connectivity index (χ0n) is 9.09. The van der Waals surface area contributed by atoms with Crippen molar-refractivity contribution in [1.82, 2.24) is 5.32 Å². The molecule has 17 heavy (non-hydrogen) atoms. The van der Waals surface area contributed by atoms with Crippen molar-refractivity contribution in [1.29, 1.82) is 0 Å². The number of nitrogens with one attached hydrogen (secondary N) is 1. The van der Waals surface area contributed by atoms with E-state index in [2.05, 4.69) is 17.2 Å². The van der Waals surface area contributed by atoms with Crippen LogP contribution in [0, 0.1) is 33.6 Å². The molecular weight excluding hydrogens is 230 g/mol. The van der Waals surface area contributed by atoms with Crippen molar-refractivity contribution in [3.05, 3.63) is 39.4 Å². The molecule has 0 saturated heterocycles. The maximum atomic E-state index is 13.2. The van der Waals surface area contributed by atoms with E-state index in [0.29, 0.717) is 19.0 Å². The Kier molecular flexibility index (Phi) is 4.55. The quantitative estimate of drug-likeness (QED) is 0.379. The lowest BCUT2D eigenvalue weighted by Gasteiger charge is -1.97. The summed E-state index contributed by atoms with van der Waals surface area (Å²) in [7, 11) is 1.74. The molecule has 1 aromatic carbocycles. The van der Waals surface area contributed by atoms with Crippen LogP contribution in [0.2, 0.25) is 0 Å². The number of benzene rings is 1. The van der Waals surface area contributed by atoms with E-state index in [1.807, 2.05) is 0 Å². The fraction of sp³-hybridized carbons (Fsp3) is 0.273. The second kappa shape index (κ2) is 5.92. The Hall–Kier alpha value is -2.00. The molecule has 0 saturated carbocycles. The van der Waals surface area contributed by atoms with Crippen molar-refractivity contribution in [3.8, 4) is 11.8 Å². The predicted molar refractivity (Wildman–Crippen MR) is 58.4 cm³/mol. The molecule has 6 heteroatoms. The van der Waals surface area contributed by atoms with Gasteiger partial charge in [0.15, 0.2) is 0 Å². The molecule has 0 fully saturated rings. The number of hydrogen-bond donors (Lipinski definition) is 1. The molecule has 0 radical (unpaired) electrons. The number of nitro benzene ring substituents is 1. The first-order chi connectivity index (χ1) is 8.06. The zero-order chi connectivity index (χ0) is 12.8. The molecule has 0 unspecified atom stereocenters. The Labute approximate surface area is 96.8 Å². The Morgan fingerprint density at radius 3 is 2.71 bits per heavy atom. The first-order valence-electron chi connectivity index (χ1n) is 4.83. The van der Waals surface area contributed by atoms with Crippen LogP contribution in [0.1, 0.15) is 12.0 Å². The molecule has 0 spiro atoms. The Morgan fingerprint density at radius 1 is 1.41 bits per heavy atom. The maximum absolute atomic E-state index is 13.2. The van der Waals surface area contributed by atoms with Gasteiger partial charge >= 0.3 is 5.69 Å². The summed E-state index contributed by atoms with van der Waals surface area (Å²) in [6.45, 7) is 0.623. The van der Waals surface area contributed by atoms with E-state index in [4.69, 9.17) is 0 Å². The van der Waals surface area contributed by atoms with Gasteiger partial charge in [0.05, 0.1) is 10.5 Å². The molecule has 0 amide bonds. The zero-order valence-corrected chi connectivity index (χ0v) is 9.09. The molecule has 0 aliphatic carbocycles. The van der Waals surface area contributed by atoms with Crippen LogP contribution in [0.25, 0.3) is 0 Å². The lowest BCUT2D eigenvalue weighted by Crippen LogP contribution is -2.05. The standard InChI is InChI=1S/C11H10F2N2O2/c1-14-5-3-2-4-8-6-11(15(16)17)10(13)7-9(8)12/h6-7,14H,3,5H2,1H3. The first-order valence-corrected chi connectivity index (χ1v) is 4.83. The second-order valence-electron chi connectivity index (χ2n) is 3.20. The highest BCUT2D eigenvalue weighted by molar-refractivity contribution is 5.45. The molecule has 4 nitrogen and oxygen atoms in total. The van der Waals surface area contributed by atoms with Crippen molar-refractivity contribution in [2.24, 2.45) is 0 Å². The summed E-state index contributed by atoms with van der Waals surface area (Å²) in [5.74, 6) is 2.97. The van der Waals surface area contributed by atoms with E-state index < -0.39 is 22.2 Å². The van der Waals surface area contributed by atoms with Crippen LogP contribution >= 0.6 is 0 Å². The van der Waals surface area contributed by atoms with Gasteiger partial charge in [0.2, 0.25) is 5.82 Å². The summed E-state index contributed by atoms with van der Waals surface area (Å²) in [6.07, 6.45) is 0.473. The molecule has 0 heterocycles. The van der Waals surface area contributed by atoms with Crippen LogP contribution in [-0.2, 0) is 0 Å². The van der Waals surface area contributed by atoms with Gasteiger partial charge < -0.3 is 5.32 Å². The number of rotatable bonds is 3. The molecular formula is C11H10F2N2O2. The van der Waals surface area contributed by atoms with Gasteiger partial charge in [-0.2, -0.15) is 4.39 Å². The van der Waals surface area contributed by atoms with Gasteiger partial charge in [-0.05, 0) is 7.05 Å². The van der Waals surface area contributed by atoms with Gasteiger partial charge in [0, 0.05) is 25.1 Å². The average Bonchev–Trinajstić information content (AvgIpc) is 2.26. The Balaban J connectivity index is 3.02. The minimum Gasteiger partial charge on any atom is -0.319 e. The van der Waals surface area contributed by atoms with E-state index >= 15 is 0 Å². The lowest BCUT2D eigenvalue weighted by molar-refractivity contribution is -0.387. The Bertz CT molecular complexity index is 492. The van der Waals surface area contributed by atoms with Gasteiger partial charge in [-0.1, -0.05) is 11.8 Å². The van der Waals surface area contributed by atoms with Crippen LogP contribution in [0.4, 0.5) is 14.5 Å². The van der Waals surface area contributed by atoms with Crippen molar-refractivity contribution in [2.75, 3.05) is 13.6 Å². The van der Waals surface area contributed by atoms with E-state index in [1.165, 1.54) is 0 Å². The van der Waals surface area contributed by atoms with Crippen LogP contribution < -0.4 is 5.32 Å². The summed E-state index contributed by atoms with van der Waals surface area (Å²) in [6, 6.07) is 1.28. The monoisotopic (exact) mass is 240 g/mol. The van der Waals surface area contributed by atoms with E-state index in [9.17, 15) is 18.9 Å². The topological polar surface area (TPSA) is 55.2 Å². The van der Waals surface area contributed by atoms with Crippen molar-refractivity contribution >= 4 is 5.69 Å². The number of nitrogens with zero attached hydrogens (tertiary/aromatic N) is 1. The summed E-state index contributed by atoms with van der Waals surface area (Å²) >= 11 is 0. The highest BCUT2D eigenvalue weighted by atomic mass is 19.1. The number of nitro groups is 1. The predicted octanol–water partition coefficient (Wildman–Crippen LogP) is 1.83. The second-order valence-corrected chi connectivity index (χ2v) is 3.20. The van der Waals surface area contributed by atoms with Crippen LogP contribution in [0.5, 0.6) is 0 Å². The third-order valence-electron chi connectivity index (χ3n) is 1.96. The largest absolute Gasteiger partial charge is 0.319 e. The van der Waals surface area contributed by atoms with Crippen LogP contribution in [0.3, 0.4) is 0 Å². The third kappa shape index (κ3) is 3.50. The maximum Gasteiger partial charge on any atom is 0.306 e. The summed E-state index contributed by atoms with van der Waals surface area (Å²) in [5, 5.41) is 13.3. The fourth-order valence-corrected chi connectivity index (χ4v) is 1.12. The smallest absolute Gasteiger partial charge is 0.306 e. The van der Waals surface area contributed by atoms with E-state index in [1.54, 1.807) is 7.05 Å². The molecule has 1 aromatic rings. The average molecular weight is 240 g/mol. The molecule has 0 aliphatic heterocycles. The van der Waals surface area contributed by atoms with Gasteiger partial charge in [0.1, 0.15) is 5.82 Å². The van der Waals surface area contributed by atoms with Crippen LogP contribution in [-0.4, -0.2) is 18.5 Å². The minimum absolute atomic E-state index is 0.172. The van der Waals surface area contributed by atoms with Gasteiger partial charge in [0.25, 0.3) is 0 Å². The van der Waals surface area contributed by atoms with E-state index in [0.717, 1.165) is 6.07 Å². The molecule has 0 atom stereocenters. The molecule has 1 rings (SSSR count). The highest BCUT2D eigenvalue weighted by Crippen LogP contribution is 2.20. The van der Waals surface area contributed by atoms with Gasteiger partial charge in [-0.25, -0.2) is 4.39 Å². The van der Waals surface area contributed by atoms with Gasteiger partial charge in [-0.3, -0.25) is 10.1 Å². The van der Waals surface area contributed by atoms with Crippen molar-refractivity contribution < 1.29 is 13.7 Å². The first kappa shape index (κ1) is 13.1. The third-order valence-corrected chi connectivity index (χ3v) is 1.96. The normalized spacial score (nSPS) is 9.59. The van der Waals surface area contributed by atoms with Crippen LogP contribution in [0.15, 0.2) is 12.1 Å². The summed E-state index contributed by atoms with van der Waals surface area (Å²) in [4.78, 5) is 9.54.